The minimum Gasteiger partial charge on any atom is -0.352 e. The van der Waals surface area contributed by atoms with Gasteiger partial charge in [-0.25, -0.2) is 8.42 Å². The number of sulfonamides is 1. The molecule has 242 valence electrons. The average Bonchev–Trinajstić information content (AvgIpc) is 3.06. The maximum Gasteiger partial charge on any atom is 0.264 e. The van der Waals surface area contributed by atoms with E-state index in [1.165, 1.54) is 4.31 Å². The van der Waals surface area contributed by atoms with Crippen LogP contribution in [0.15, 0.2) is 108 Å². The number of aryl methyl sites for hydroxylation is 3. The number of hydrogen-bond acceptors (Lipinski definition) is 4. The molecule has 0 aliphatic heterocycles. The van der Waals surface area contributed by atoms with Crippen molar-refractivity contribution in [1.29, 1.82) is 0 Å². The van der Waals surface area contributed by atoms with Gasteiger partial charge in [0, 0.05) is 19.0 Å². The summed E-state index contributed by atoms with van der Waals surface area (Å²) in [5, 5.41) is 3.08. The van der Waals surface area contributed by atoms with Crippen molar-refractivity contribution in [3.8, 4) is 0 Å². The molecule has 4 aromatic carbocycles. The smallest absolute Gasteiger partial charge is 0.264 e. The quantitative estimate of drug-likeness (QED) is 0.168. The molecule has 0 saturated carbocycles. The zero-order chi connectivity index (χ0) is 33.3. The molecule has 1 N–H and O–H groups in total. The molecule has 0 spiro atoms. The van der Waals surface area contributed by atoms with Crippen LogP contribution in [-0.4, -0.2) is 43.8 Å². The molecule has 7 nitrogen and oxygen atoms in total. The van der Waals surface area contributed by atoms with Crippen molar-refractivity contribution in [3.05, 3.63) is 131 Å². The number of amides is 2. The molecule has 2 amide bonds. The summed E-state index contributed by atoms with van der Waals surface area (Å²) >= 11 is 0. The third-order valence-corrected chi connectivity index (χ3v) is 10.0. The maximum atomic E-state index is 14.7. The van der Waals surface area contributed by atoms with Crippen LogP contribution in [0.5, 0.6) is 0 Å². The highest BCUT2D eigenvalue weighted by molar-refractivity contribution is 7.92. The van der Waals surface area contributed by atoms with E-state index in [2.05, 4.69) is 5.32 Å². The van der Waals surface area contributed by atoms with E-state index < -0.39 is 28.5 Å². The van der Waals surface area contributed by atoms with E-state index in [1.54, 1.807) is 41.3 Å². The summed E-state index contributed by atoms with van der Waals surface area (Å²) < 4.78 is 29.8. The Morgan fingerprint density at radius 1 is 0.761 bits per heavy atom. The molecular formula is C38H45N3O4S. The van der Waals surface area contributed by atoms with Crippen LogP contribution in [0.2, 0.25) is 0 Å². The van der Waals surface area contributed by atoms with Gasteiger partial charge in [-0.3, -0.25) is 13.9 Å². The number of nitrogens with zero attached hydrogens (tertiary/aromatic N) is 2. The van der Waals surface area contributed by atoms with Gasteiger partial charge in [-0.15, -0.1) is 0 Å². The Kier molecular flexibility index (Phi) is 11.8. The Labute approximate surface area is 274 Å². The molecule has 4 aromatic rings. The normalized spacial score (nSPS) is 12.6. The molecule has 0 aromatic heterocycles. The topological polar surface area (TPSA) is 86.8 Å². The lowest BCUT2D eigenvalue weighted by molar-refractivity contribution is -0.140. The molecule has 0 bridgehead atoms. The summed E-state index contributed by atoms with van der Waals surface area (Å²) in [6, 6.07) is 30.3. The van der Waals surface area contributed by atoms with E-state index in [4.69, 9.17) is 0 Å². The summed E-state index contributed by atoms with van der Waals surface area (Å²) in [7, 11) is -4.15. The Bertz CT molecular complexity index is 1710. The Morgan fingerprint density at radius 2 is 1.35 bits per heavy atom. The molecule has 0 fully saturated rings. The van der Waals surface area contributed by atoms with E-state index in [1.807, 2.05) is 101 Å². The minimum atomic E-state index is -4.15. The molecule has 0 heterocycles. The molecule has 46 heavy (non-hydrogen) atoms. The first kappa shape index (κ1) is 34.4. The predicted octanol–water partition coefficient (Wildman–Crippen LogP) is 6.62. The largest absolute Gasteiger partial charge is 0.352 e. The molecule has 8 heteroatoms. The third kappa shape index (κ3) is 8.63. The number of nitrogens with one attached hydrogen (secondary N) is 1. The fraction of sp³-hybridized carbons (Fsp3) is 0.316. The van der Waals surface area contributed by atoms with Crippen molar-refractivity contribution in [2.75, 3.05) is 10.8 Å². The van der Waals surface area contributed by atoms with Crippen LogP contribution in [-0.2, 0) is 39.0 Å². The summed E-state index contributed by atoms with van der Waals surface area (Å²) in [5.74, 6) is -0.747. The Morgan fingerprint density at radius 3 is 1.96 bits per heavy atom. The second kappa shape index (κ2) is 15.7. The lowest BCUT2D eigenvalue weighted by Gasteiger charge is -2.34. The average molecular weight is 640 g/mol. The number of para-hydroxylation sites is 1. The van der Waals surface area contributed by atoms with Crippen LogP contribution in [0, 0.1) is 13.8 Å². The van der Waals surface area contributed by atoms with E-state index in [-0.39, 0.29) is 29.8 Å². The Hall–Kier alpha value is -4.43. The molecule has 0 saturated heterocycles. The van der Waals surface area contributed by atoms with Crippen LogP contribution in [0.25, 0.3) is 0 Å². The van der Waals surface area contributed by atoms with Gasteiger partial charge in [0.2, 0.25) is 11.8 Å². The van der Waals surface area contributed by atoms with Crippen LogP contribution in [0.4, 0.5) is 5.69 Å². The van der Waals surface area contributed by atoms with E-state index in [0.717, 1.165) is 34.2 Å². The zero-order valence-corrected chi connectivity index (χ0v) is 28.3. The number of hydrogen-bond donors (Lipinski definition) is 1. The number of carbonyl (C=O) groups excluding carboxylic acids is 2. The lowest BCUT2D eigenvalue weighted by atomic mass is 10.0. The maximum absolute atomic E-state index is 14.7. The van der Waals surface area contributed by atoms with Crippen molar-refractivity contribution in [2.24, 2.45) is 0 Å². The first-order chi connectivity index (χ1) is 22.0. The van der Waals surface area contributed by atoms with Gasteiger partial charge in [0.05, 0.1) is 10.6 Å². The molecule has 0 aliphatic carbocycles. The Balaban J connectivity index is 1.83. The van der Waals surface area contributed by atoms with Gasteiger partial charge >= 0.3 is 0 Å². The number of rotatable bonds is 14. The van der Waals surface area contributed by atoms with Crippen molar-refractivity contribution < 1.29 is 18.0 Å². The number of carbonyl (C=O) groups is 2. The highest BCUT2D eigenvalue weighted by atomic mass is 32.2. The van der Waals surface area contributed by atoms with Gasteiger partial charge in [0.25, 0.3) is 10.0 Å². The SMILES string of the molecule is CCc1ccccc1N(CC(=O)N(Cc1ccc(C)cc1)[C@@H](Cc1ccccc1)C(=O)N[C@@H](C)CC)S(=O)(=O)c1ccc(C)cc1. The van der Waals surface area contributed by atoms with Crippen LogP contribution in [0.3, 0.4) is 0 Å². The van der Waals surface area contributed by atoms with E-state index in [0.29, 0.717) is 12.1 Å². The van der Waals surface area contributed by atoms with Gasteiger partial charge in [-0.2, -0.15) is 0 Å². The van der Waals surface area contributed by atoms with Gasteiger partial charge in [0.15, 0.2) is 0 Å². The van der Waals surface area contributed by atoms with Gasteiger partial charge in [-0.1, -0.05) is 110 Å². The summed E-state index contributed by atoms with van der Waals surface area (Å²) in [6.07, 6.45) is 1.58. The van der Waals surface area contributed by atoms with Crippen molar-refractivity contribution in [3.63, 3.8) is 0 Å². The van der Waals surface area contributed by atoms with E-state index in [9.17, 15) is 18.0 Å². The molecular weight excluding hydrogens is 595 g/mol. The summed E-state index contributed by atoms with van der Waals surface area (Å²) in [4.78, 5) is 30.3. The highest BCUT2D eigenvalue weighted by Crippen LogP contribution is 2.29. The second-order valence-electron chi connectivity index (χ2n) is 11.8. The minimum absolute atomic E-state index is 0.0947. The first-order valence-electron chi connectivity index (χ1n) is 15.9. The molecule has 4 rings (SSSR count). The van der Waals surface area contributed by atoms with E-state index >= 15 is 0 Å². The van der Waals surface area contributed by atoms with Crippen molar-refractivity contribution >= 4 is 27.5 Å². The molecule has 0 aliphatic rings. The summed E-state index contributed by atoms with van der Waals surface area (Å²) in [5.41, 5.74) is 4.98. The van der Waals surface area contributed by atoms with Crippen LogP contribution in [0.1, 0.15) is 55.0 Å². The molecule has 2 atom stereocenters. The van der Waals surface area contributed by atoms with Gasteiger partial charge in [-0.05, 0) is 68.5 Å². The summed E-state index contributed by atoms with van der Waals surface area (Å²) in [6.45, 7) is 9.43. The highest BCUT2D eigenvalue weighted by Gasteiger charge is 2.35. The van der Waals surface area contributed by atoms with Crippen molar-refractivity contribution in [2.45, 2.75) is 77.4 Å². The number of anilines is 1. The second-order valence-corrected chi connectivity index (χ2v) is 13.7. The lowest BCUT2D eigenvalue weighted by Crippen LogP contribution is -2.54. The first-order valence-corrected chi connectivity index (χ1v) is 17.3. The van der Waals surface area contributed by atoms with Gasteiger partial charge in [0.1, 0.15) is 12.6 Å². The fourth-order valence-electron chi connectivity index (χ4n) is 5.29. The monoisotopic (exact) mass is 639 g/mol. The predicted molar refractivity (Wildman–Crippen MR) is 185 cm³/mol. The van der Waals surface area contributed by atoms with Crippen LogP contribution >= 0.6 is 0 Å². The standard InChI is InChI=1S/C38H45N3O4S/c1-6-30(5)39-38(43)36(25-31-13-9-8-10-14-31)40(26-32-21-17-28(3)18-22-32)37(42)27-41(35-16-12-11-15-33(35)7-2)46(44,45)34-23-19-29(4)20-24-34/h8-24,30,36H,6-7,25-27H2,1-5H3,(H,39,43)/t30-,36-/m0/s1. The third-order valence-electron chi connectivity index (χ3n) is 8.27. The fourth-order valence-corrected chi connectivity index (χ4v) is 6.74. The number of benzene rings is 4. The molecule has 0 radical (unpaired) electrons. The van der Waals surface area contributed by atoms with Crippen molar-refractivity contribution in [1.82, 2.24) is 10.2 Å². The van der Waals surface area contributed by atoms with Gasteiger partial charge < -0.3 is 10.2 Å². The molecule has 0 unspecified atom stereocenters. The van der Waals surface area contributed by atoms with Crippen LogP contribution < -0.4 is 9.62 Å². The zero-order valence-electron chi connectivity index (χ0n) is 27.4.